The Balaban J connectivity index is 2.62. The van der Waals surface area contributed by atoms with Crippen molar-refractivity contribution in [1.29, 1.82) is 0 Å². The summed E-state index contributed by atoms with van der Waals surface area (Å²) in [6.45, 7) is 4.93. The highest BCUT2D eigenvalue weighted by atomic mass is 16.3. The third kappa shape index (κ3) is 2.70. The average molecular weight is 229 g/mol. The Morgan fingerprint density at radius 1 is 1.31 bits per heavy atom. The summed E-state index contributed by atoms with van der Waals surface area (Å²) < 4.78 is 0. The van der Waals surface area contributed by atoms with Gasteiger partial charge in [-0.25, -0.2) is 0 Å². The first-order valence-corrected chi connectivity index (χ1v) is 5.45. The molecule has 1 saturated heterocycles. The zero-order valence-corrected chi connectivity index (χ0v) is 9.72. The molecule has 1 aliphatic rings. The van der Waals surface area contributed by atoms with Gasteiger partial charge in [0.25, 0.3) is 0 Å². The van der Waals surface area contributed by atoms with Crippen molar-refractivity contribution in [1.82, 2.24) is 9.80 Å². The number of β-amino-alcohol motifs (C(OH)–C–C–N with tert-alkyl or cyclic N) is 1. The SMILES string of the molecule is CC(C)N1CCN(CC(O)CN)C(=O)C1=O. The van der Waals surface area contributed by atoms with Gasteiger partial charge in [-0.2, -0.15) is 0 Å². The van der Waals surface area contributed by atoms with Crippen molar-refractivity contribution in [2.24, 2.45) is 5.73 Å². The van der Waals surface area contributed by atoms with Gasteiger partial charge in [0.2, 0.25) is 0 Å². The lowest BCUT2D eigenvalue weighted by atomic mass is 10.2. The smallest absolute Gasteiger partial charge is 0.312 e. The summed E-state index contributed by atoms with van der Waals surface area (Å²) in [5, 5.41) is 9.35. The van der Waals surface area contributed by atoms with E-state index in [0.717, 1.165) is 0 Å². The summed E-state index contributed by atoms with van der Waals surface area (Å²) in [5.41, 5.74) is 5.26. The van der Waals surface area contributed by atoms with Gasteiger partial charge in [0.1, 0.15) is 0 Å². The van der Waals surface area contributed by atoms with Crippen LogP contribution in [0.25, 0.3) is 0 Å². The largest absolute Gasteiger partial charge is 0.390 e. The number of aliphatic hydroxyl groups is 1. The standard InChI is InChI=1S/C10H19N3O3/c1-7(2)13-4-3-12(6-8(14)5-11)9(15)10(13)16/h7-8,14H,3-6,11H2,1-2H3. The van der Waals surface area contributed by atoms with Crippen molar-refractivity contribution in [3.8, 4) is 0 Å². The number of carbonyl (C=O) groups is 2. The Bertz CT molecular complexity index is 280. The third-order valence-corrected chi connectivity index (χ3v) is 2.67. The zero-order valence-electron chi connectivity index (χ0n) is 9.72. The first-order valence-electron chi connectivity index (χ1n) is 5.45. The zero-order chi connectivity index (χ0) is 12.3. The highest BCUT2D eigenvalue weighted by Crippen LogP contribution is 2.09. The van der Waals surface area contributed by atoms with E-state index in [1.807, 2.05) is 13.8 Å². The van der Waals surface area contributed by atoms with Crippen LogP contribution >= 0.6 is 0 Å². The normalized spacial score (nSPS) is 19.6. The van der Waals surface area contributed by atoms with Crippen molar-refractivity contribution in [2.45, 2.75) is 26.0 Å². The van der Waals surface area contributed by atoms with Gasteiger partial charge in [0.05, 0.1) is 6.10 Å². The van der Waals surface area contributed by atoms with Crippen LogP contribution in [0.15, 0.2) is 0 Å². The number of nitrogens with two attached hydrogens (primary N) is 1. The van der Waals surface area contributed by atoms with Crippen LogP contribution in [-0.4, -0.2) is 65.0 Å². The molecule has 1 aliphatic heterocycles. The average Bonchev–Trinajstić information content (AvgIpc) is 2.24. The fourth-order valence-electron chi connectivity index (χ4n) is 1.69. The third-order valence-electron chi connectivity index (χ3n) is 2.67. The summed E-state index contributed by atoms with van der Waals surface area (Å²) in [5.74, 6) is -1.04. The molecule has 6 heteroatoms. The summed E-state index contributed by atoms with van der Waals surface area (Å²) in [6.07, 6.45) is -0.762. The van der Waals surface area contributed by atoms with Crippen molar-refractivity contribution in [2.75, 3.05) is 26.2 Å². The monoisotopic (exact) mass is 229 g/mol. The van der Waals surface area contributed by atoms with Crippen molar-refractivity contribution < 1.29 is 14.7 Å². The molecular weight excluding hydrogens is 210 g/mol. The molecule has 6 nitrogen and oxygen atoms in total. The molecule has 1 unspecified atom stereocenters. The summed E-state index contributed by atoms with van der Waals surface area (Å²) in [7, 11) is 0. The van der Waals surface area contributed by atoms with Crippen LogP contribution in [0.1, 0.15) is 13.8 Å². The molecule has 0 saturated carbocycles. The van der Waals surface area contributed by atoms with E-state index >= 15 is 0 Å². The van der Waals surface area contributed by atoms with Gasteiger partial charge < -0.3 is 20.6 Å². The van der Waals surface area contributed by atoms with Crippen molar-refractivity contribution in [3.63, 3.8) is 0 Å². The molecule has 1 atom stereocenters. The van der Waals surface area contributed by atoms with E-state index in [9.17, 15) is 14.7 Å². The number of amides is 2. The molecule has 1 rings (SSSR count). The lowest BCUT2D eigenvalue weighted by molar-refractivity contribution is -0.158. The summed E-state index contributed by atoms with van der Waals surface area (Å²) in [4.78, 5) is 26.2. The van der Waals surface area contributed by atoms with E-state index in [4.69, 9.17) is 5.73 Å². The molecule has 0 aromatic heterocycles. The Kier molecular flexibility index (Phi) is 4.26. The first-order chi connectivity index (χ1) is 7.47. The van der Waals surface area contributed by atoms with Gasteiger partial charge in [-0.15, -0.1) is 0 Å². The number of hydrogen-bond donors (Lipinski definition) is 2. The Labute approximate surface area is 95.0 Å². The number of carbonyl (C=O) groups excluding carboxylic acids is 2. The molecule has 0 spiro atoms. The van der Waals surface area contributed by atoms with Crippen LogP contribution in [0.5, 0.6) is 0 Å². The maximum atomic E-state index is 11.7. The number of hydrogen-bond acceptors (Lipinski definition) is 4. The second kappa shape index (κ2) is 5.27. The Morgan fingerprint density at radius 3 is 2.44 bits per heavy atom. The maximum Gasteiger partial charge on any atom is 0.312 e. The second-order valence-electron chi connectivity index (χ2n) is 4.23. The van der Waals surface area contributed by atoms with Crippen LogP contribution in [0.4, 0.5) is 0 Å². The lowest BCUT2D eigenvalue weighted by Crippen LogP contribution is -2.57. The Morgan fingerprint density at radius 2 is 1.94 bits per heavy atom. The maximum absolute atomic E-state index is 11.7. The van der Waals surface area contributed by atoms with Gasteiger partial charge in [-0.3, -0.25) is 9.59 Å². The van der Waals surface area contributed by atoms with Crippen LogP contribution < -0.4 is 5.73 Å². The fraction of sp³-hybridized carbons (Fsp3) is 0.800. The minimum Gasteiger partial charge on any atom is -0.390 e. The number of aliphatic hydroxyl groups excluding tert-OH is 1. The minimum absolute atomic E-state index is 0.0260. The van der Waals surface area contributed by atoms with Gasteiger partial charge in [-0.05, 0) is 13.8 Å². The number of piperazine rings is 1. The molecule has 1 heterocycles. The van der Waals surface area contributed by atoms with Crippen LogP contribution in [0.3, 0.4) is 0 Å². The summed E-state index contributed by atoms with van der Waals surface area (Å²) >= 11 is 0. The van der Waals surface area contributed by atoms with E-state index in [0.29, 0.717) is 13.1 Å². The molecule has 0 radical (unpaired) electrons. The molecule has 0 aromatic rings. The molecular formula is C10H19N3O3. The topological polar surface area (TPSA) is 86.9 Å². The first kappa shape index (κ1) is 12.9. The molecule has 16 heavy (non-hydrogen) atoms. The number of rotatable bonds is 4. The number of nitrogens with zero attached hydrogens (tertiary/aromatic N) is 2. The molecule has 92 valence electrons. The highest BCUT2D eigenvalue weighted by molar-refractivity contribution is 6.35. The van der Waals surface area contributed by atoms with E-state index < -0.39 is 17.9 Å². The fourth-order valence-corrected chi connectivity index (χ4v) is 1.69. The van der Waals surface area contributed by atoms with Crippen molar-refractivity contribution in [3.05, 3.63) is 0 Å². The van der Waals surface area contributed by atoms with Gasteiger partial charge in [0, 0.05) is 32.2 Å². The van der Waals surface area contributed by atoms with E-state index in [2.05, 4.69) is 0 Å². The van der Waals surface area contributed by atoms with Crippen molar-refractivity contribution >= 4 is 11.8 Å². The van der Waals surface area contributed by atoms with E-state index in [1.165, 1.54) is 9.80 Å². The van der Waals surface area contributed by atoms with Crippen LogP contribution in [0, 0.1) is 0 Å². The molecule has 0 aromatic carbocycles. The predicted molar refractivity (Wildman–Crippen MR) is 58.5 cm³/mol. The van der Waals surface area contributed by atoms with Gasteiger partial charge in [0.15, 0.2) is 0 Å². The quantitative estimate of drug-likeness (QED) is 0.568. The Hall–Kier alpha value is -1.14. The van der Waals surface area contributed by atoms with E-state index in [-0.39, 0.29) is 19.1 Å². The van der Waals surface area contributed by atoms with Gasteiger partial charge >= 0.3 is 11.8 Å². The molecule has 2 amide bonds. The minimum atomic E-state index is -0.762. The molecule has 0 bridgehead atoms. The second-order valence-corrected chi connectivity index (χ2v) is 4.23. The molecule has 3 N–H and O–H groups in total. The molecule has 0 aliphatic carbocycles. The van der Waals surface area contributed by atoms with Gasteiger partial charge in [-0.1, -0.05) is 0 Å². The molecule has 1 fully saturated rings. The van der Waals surface area contributed by atoms with Crippen LogP contribution in [-0.2, 0) is 9.59 Å². The highest BCUT2D eigenvalue weighted by Gasteiger charge is 2.34. The predicted octanol–water partition coefficient (Wildman–Crippen LogP) is -1.61. The summed E-state index contributed by atoms with van der Waals surface area (Å²) in [6, 6.07) is 0.0260. The lowest BCUT2D eigenvalue weighted by Gasteiger charge is -2.36. The van der Waals surface area contributed by atoms with Crippen LogP contribution in [0.2, 0.25) is 0 Å². The van der Waals surface area contributed by atoms with E-state index in [1.54, 1.807) is 0 Å².